The molecule has 1 fully saturated rings. The maximum absolute atomic E-state index is 12.8. The van der Waals surface area contributed by atoms with Crippen molar-refractivity contribution in [3.05, 3.63) is 53.6 Å². The predicted molar refractivity (Wildman–Crippen MR) is 105 cm³/mol. The highest BCUT2D eigenvalue weighted by molar-refractivity contribution is 6.08. The first kappa shape index (κ1) is 20.1. The summed E-state index contributed by atoms with van der Waals surface area (Å²) >= 11 is 0. The van der Waals surface area contributed by atoms with Crippen LogP contribution in [-0.2, 0) is 0 Å². The van der Waals surface area contributed by atoms with Crippen molar-refractivity contribution in [2.75, 3.05) is 23.8 Å². The Kier molecular flexibility index (Phi) is 5.05. The number of halogens is 3. The van der Waals surface area contributed by atoms with Crippen LogP contribution in [0.4, 0.5) is 24.5 Å². The van der Waals surface area contributed by atoms with Crippen LogP contribution < -0.4 is 15.0 Å². The molecule has 0 spiro atoms. The molecule has 0 aliphatic carbocycles. The summed E-state index contributed by atoms with van der Waals surface area (Å²) in [5.41, 5.74) is 1.68. The number of carbonyl (C=O) groups excluding carboxylic acids is 2. The molecule has 1 N–H and O–H groups in total. The highest BCUT2D eigenvalue weighted by Crippen LogP contribution is 2.35. The maximum Gasteiger partial charge on any atom is 0.573 e. The van der Waals surface area contributed by atoms with Gasteiger partial charge in [0.1, 0.15) is 11.9 Å². The summed E-state index contributed by atoms with van der Waals surface area (Å²) in [6, 6.07) is 9.88. The number of hydrogen-bond donors (Lipinski definition) is 1. The molecule has 2 aromatic carbocycles. The van der Waals surface area contributed by atoms with Crippen LogP contribution in [0.3, 0.4) is 0 Å². The smallest absolute Gasteiger partial charge is 0.406 e. The SMILES string of the molecule is CN1c2cc(C(=O)Nc3cccc(OC(F)(F)F)c3)ccc2C(=O)N2CCCC[C@@H]21. The highest BCUT2D eigenvalue weighted by atomic mass is 19.4. The van der Waals surface area contributed by atoms with Gasteiger partial charge in [0.05, 0.1) is 11.3 Å². The lowest BCUT2D eigenvalue weighted by atomic mass is 9.97. The number of amides is 2. The summed E-state index contributed by atoms with van der Waals surface area (Å²) in [6.07, 6.45) is -1.98. The lowest BCUT2D eigenvalue weighted by Gasteiger charge is -2.46. The molecule has 1 saturated heterocycles. The minimum atomic E-state index is -4.81. The van der Waals surface area contributed by atoms with Crippen molar-refractivity contribution < 1.29 is 27.5 Å². The number of fused-ring (bicyclic) bond motifs is 2. The molecular weight excluding hydrogens is 399 g/mol. The van der Waals surface area contributed by atoms with E-state index in [9.17, 15) is 22.8 Å². The number of anilines is 2. The van der Waals surface area contributed by atoms with Crippen molar-refractivity contribution in [2.24, 2.45) is 0 Å². The molecule has 0 saturated carbocycles. The van der Waals surface area contributed by atoms with Crippen molar-refractivity contribution >= 4 is 23.2 Å². The van der Waals surface area contributed by atoms with E-state index in [4.69, 9.17) is 0 Å². The third kappa shape index (κ3) is 3.92. The number of alkyl halides is 3. The van der Waals surface area contributed by atoms with Gasteiger partial charge in [0, 0.05) is 30.9 Å². The Morgan fingerprint density at radius 3 is 2.73 bits per heavy atom. The van der Waals surface area contributed by atoms with Gasteiger partial charge >= 0.3 is 6.36 Å². The Morgan fingerprint density at radius 1 is 1.17 bits per heavy atom. The second-order valence-electron chi connectivity index (χ2n) is 7.35. The highest BCUT2D eigenvalue weighted by Gasteiger charge is 2.37. The van der Waals surface area contributed by atoms with E-state index in [-0.39, 0.29) is 17.8 Å². The summed E-state index contributed by atoms with van der Waals surface area (Å²) in [5.74, 6) is -0.959. The number of ether oxygens (including phenoxy) is 1. The Balaban J connectivity index is 1.56. The minimum Gasteiger partial charge on any atom is -0.406 e. The molecule has 0 radical (unpaired) electrons. The Bertz CT molecular complexity index is 993. The van der Waals surface area contributed by atoms with Gasteiger partial charge in [-0.1, -0.05) is 6.07 Å². The fourth-order valence-electron chi connectivity index (χ4n) is 3.99. The average Bonchev–Trinajstić information content (AvgIpc) is 2.70. The van der Waals surface area contributed by atoms with Crippen LogP contribution in [0.1, 0.15) is 40.0 Å². The van der Waals surface area contributed by atoms with E-state index in [0.717, 1.165) is 31.4 Å². The van der Waals surface area contributed by atoms with Crippen molar-refractivity contribution in [3.63, 3.8) is 0 Å². The van der Waals surface area contributed by atoms with Crippen LogP contribution in [0.15, 0.2) is 42.5 Å². The van der Waals surface area contributed by atoms with Gasteiger partial charge in [0.15, 0.2) is 0 Å². The average molecular weight is 419 g/mol. The summed E-state index contributed by atoms with van der Waals surface area (Å²) in [4.78, 5) is 29.4. The molecule has 2 amide bonds. The summed E-state index contributed by atoms with van der Waals surface area (Å²) < 4.78 is 41.1. The van der Waals surface area contributed by atoms with Gasteiger partial charge in [-0.15, -0.1) is 13.2 Å². The second-order valence-corrected chi connectivity index (χ2v) is 7.35. The maximum atomic E-state index is 12.8. The van der Waals surface area contributed by atoms with Gasteiger partial charge in [-0.2, -0.15) is 0 Å². The van der Waals surface area contributed by atoms with Gasteiger partial charge in [0.25, 0.3) is 11.8 Å². The summed E-state index contributed by atoms with van der Waals surface area (Å²) in [5, 5.41) is 2.57. The quantitative estimate of drug-likeness (QED) is 0.809. The lowest BCUT2D eigenvalue weighted by molar-refractivity contribution is -0.274. The van der Waals surface area contributed by atoms with Crippen molar-refractivity contribution in [2.45, 2.75) is 31.8 Å². The Morgan fingerprint density at radius 2 is 1.97 bits per heavy atom. The van der Waals surface area contributed by atoms with E-state index in [1.165, 1.54) is 12.1 Å². The molecule has 158 valence electrons. The predicted octanol–water partition coefficient (Wildman–Crippen LogP) is 4.24. The van der Waals surface area contributed by atoms with Gasteiger partial charge < -0.3 is 19.9 Å². The minimum absolute atomic E-state index is 0.0340. The van der Waals surface area contributed by atoms with Crippen LogP contribution in [0.2, 0.25) is 0 Å². The molecule has 9 heteroatoms. The fourth-order valence-corrected chi connectivity index (χ4v) is 3.99. The summed E-state index contributed by atoms with van der Waals surface area (Å²) in [7, 11) is 1.90. The van der Waals surface area contributed by atoms with Crippen LogP contribution >= 0.6 is 0 Å². The first-order chi connectivity index (χ1) is 14.2. The number of nitrogens with zero attached hydrogens (tertiary/aromatic N) is 2. The third-order valence-electron chi connectivity index (χ3n) is 5.37. The number of carbonyl (C=O) groups is 2. The number of piperidine rings is 1. The molecule has 1 atom stereocenters. The molecule has 30 heavy (non-hydrogen) atoms. The molecule has 4 rings (SSSR count). The number of benzene rings is 2. The zero-order chi connectivity index (χ0) is 21.5. The van der Waals surface area contributed by atoms with Crippen molar-refractivity contribution in [1.29, 1.82) is 0 Å². The first-order valence-corrected chi connectivity index (χ1v) is 9.58. The van der Waals surface area contributed by atoms with Gasteiger partial charge in [-0.3, -0.25) is 9.59 Å². The molecule has 6 nitrogen and oxygen atoms in total. The molecule has 0 unspecified atom stereocenters. The second kappa shape index (κ2) is 7.55. The van der Waals surface area contributed by atoms with E-state index < -0.39 is 18.0 Å². The molecule has 2 aliphatic heterocycles. The summed E-state index contributed by atoms with van der Waals surface area (Å²) in [6.45, 7) is 0.714. The largest absolute Gasteiger partial charge is 0.573 e. The zero-order valence-corrected chi connectivity index (χ0v) is 16.2. The molecule has 2 aromatic rings. The van der Waals surface area contributed by atoms with Crippen LogP contribution in [0.5, 0.6) is 5.75 Å². The van der Waals surface area contributed by atoms with Crippen LogP contribution in [-0.4, -0.2) is 42.8 Å². The topological polar surface area (TPSA) is 61.9 Å². The van der Waals surface area contributed by atoms with E-state index >= 15 is 0 Å². The Hall–Kier alpha value is -3.23. The molecule has 0 bridgehead atoms. The van der Waals surface area contributed by atoms with Crippen LogP contribution in [0.25, 0.3) is 0 Å². The Labute approximate surface area is 171 Å². The molecule has 2 heterocycles. The van der Waals surface area contributed by atoms with E-state index in [2.05, 4.69) is 10.1 Å². The van der Waals surface area contributed by atoms with Gasteiger partial charge in [-0.05, 0) is 49.6 Å². The first-order valence-electron chi connectivity index (χ1n) is 9.58. The van der Waals surface area contributed by atoms with E-state index in [1.807, 2.05) is 16.8 Å². The number of rotatable bonds is 3. The van der Waals surface area contributed by atoms with E-state index in [0.29, 0.717) is 23.4 Å². The molecule has 0 aromatic heterocycles. The normalized spacial score (nSPS) is 18.5. The fraction of sp³-hybridized carbons (Fsp3) is 0.333. The standard InChI is InChI=1S/C21H20F3N3O3/c1-26-17-11-13(8-9-16(17)20(29)27-10-3-2-7-18(26)27)19(28)25-14-5-4-6-15(12-14)30-21(22,23)24/h4-6,8-9,11-12,18H,2-3,7,10H2,1H3,(H,25,28)/t18-/m1/s1. The van der Waals surface area contributed by atoms with Crippen LogP contribution in [0, 0.1) is 0 Å². The van der Waals surface area contributed by atoms with E-state index in [1.54, 1.807) is 18.2 Å². The monoisotopic (exact) mass is 419 g/mol. The van der Waals surface area contributed by atoms with Crippen molar-refractivity contribution in [3.8, 4) is 5.75 Å². The zero-order valence-electron chi connectivity index (χ0n) is 16.2. The number of hydrogen-bond acceptors (Lipinski definition) is 4. The third-order valence-corrected chi connectivity index (χ3v) is 5.37. The molecular formula is C21H20F3N3O3. The number of nitrogens with one attached hydrogen (secondary N) is 1. The lowest BCUT2D eigenvalue weighted by Crippen LogP contribution is -2.55. The molecule has 2 aliphatic rings. The van der Waals surface area contributed by atoms with Gasteiger partial charge in [0.2, 0.25) is 0 Å². The van der Waals surface area contributed by atoms with Crippen molar-refractivity contribution in [1.82, 2.24) is 4.90 Å². The van der Waals surface area contributed by atoms with Gasteiger partial charge in [-0.25, -0.2) is 0 Å².